The zero-order chi connectivity index (χ0) is 22.2. The van der Waals surface area contributed by atoms with Crippen LogP contribution in [0.5, 0.6) is 0 Å². The van der Waals surface area contributed by atoms with Crippen LogP contribution in [0.15, 0.2) is 23.1 Å². The van der Waals surface area contributed by atoms with Gasteiger partial charge in [-0.1, -0.05) is 23.2 Å². The molecule has 0 bridgehead atoms. The Morgan fingerprint density at radius 1 is 1.21 bits per heavy atom. The molecular formula is C18H27Cl2N3O4S2. The third-order valence-corrected chi connectivity index (χ3v) is 7.09. The van der Waals surface area contributed by atoms with E-state index in [1.165, 1.54) is 41.9 Å². The topological polar surface area (TPSA) is 86.8 Å². The van der Waals surface area contributed by atoms with Crippen molar-refractivity contribution in [1.29, 1.82) is 0 Å². The van der Waals surface area contributed by atoms with Gasteiger partial charge in [-0.05, 0) is 50.5 Å². The minimum Gasteiger partial charge on any atom is -0.342 e. The van der Waals surface area contributed by atoms with Crippen molar-refractivity contribution in [2.45, 2.75) is 31.2 Å². The Morgan fingerprint density at radius 2 is 1.83 bits per heavy atom. The quantitative estimate of drug-likeness (QED) is 0.522. The number of nitrogens with one attached hydrogen (secondary N) is 1. The molecule has 1 atom stereocenters. The molecule has 0 spiro atoms. The standard InChI is InChI=1S/C18H27Cl2N3O4S2/c1-5-23(6-2)17(24)12-22(3)18(25)15(9-10-28-4)21-29(26,27)16-11-13(19)7-8-14(16)20/h7-8,11,15,21H,5-6,9-10,12H2,1-4H3. The van der Waals surface area contributed by atoms with Crippen molar-refractivity contribution in [3.05, 3.63) is 28.2 Å². The molecule has 164 valence electrons. The highest BCUT2D eigenvalue weighted by molar-refractivity contribution is 7.98. The molecule has 0 heterocycles. The average Bonchev–Trinajstić information content (AvgIpc) is 2.67. The first-order valence-corrected chi connectivity index (χ1v) is 12.7. The maximum absolute atomic E-state index is 12.9. The number of benzene rings is 1. The summed E-state index contributed by atoms with van der Waals surface area (Å²) in [6, 6.07) is 3.06. The van der Waals surface area contributed by atoms with Crippen molar-refractivity contribution in [2.24, 2.45) is 0 Å². The molecule has 1 rings (SSSR count). The number of hydrogen-bond acceptors (Lipinski definition) is 5. The number of thioether (sulfide) groups is 1. The molecule has 7 nitrogen and oxygen atoms in total. The molecule has 0 aliphatic rings. The van der Waals surface area contributed by atoms with Gasteiger partial charge in [-0.15, -0.1) is 0 Å². The first-order chi connectivity index (χ1) is 13.6. The van der Waals surface area contributed by atoms with Crippen molar-refractivity contribution in [2.75, 3.05) is 38.7 Å². The molecule has 2 amide bonds. The van der Waals surface area contributed by atoms with E-state index in [0.717, 1.165) is 0 Å². The SMILES string of the molecule is CCN(CC)C(=O)CN(C)C(=O)C(CCSC)NS(=O)(=O)c1cc(Cl)ccc1Cl. The summed E-state index contributed by atoms with van der Waals surface area (Å²) in [5, 5.41) is 0.215. The second-order valence-corrected chi connectivity index (χ2v) is 9.80. The van der Waals surface area contributed by atoms with Crippen molar-refractivity contribution >= 4 is 56.8 Å². The molecule has 0 radical (unpaired) electrons. The fraction of sp³-hybridized carbons (Fsp3) is 0.556. The molecule has 0 saturated carbocycles. The predicted octanol–water partition coefficient (Wildman–Crippen LogP) is 2.72. The van der Waals surface area contributed by atoms with Gasteiger partial charge in [0.15, 0.2) is 0 Å². The third-order valence-electron chi connectivity index (χ3n) is 4.25. The first kappa shape index (κ1) is 26.0. The van der Waals surface area contributed by atoms with Crippen LogP contribution in [0.2, 0.25) is 10.0 Å². The number of sulfonamides is 1. The highest BCUT2D eigenvalue weighted by Gasteiger charge is 2.30. The van der Waals surface area contributed by atoms with Crippen LogP contribution in [0.25, 0.3) is 0 Å². The van der Waals surface area contributed by atoms with E-state index in [9.17, 15) is 18.0 Å². The lowest BCUT2D eigenvalue weighted by atomic mass is 10.2. The molecule has 29 heavy (non-hydrogen) atoms. The Balaban J connectivity index is 3.05. The van der Waals surface area contributed by atoms with E-state index in [2.05, 4.69) is 4.72 Å². The Kier molecular flexibility index (Phi) is 10.8. The van der Waals surface area contributed by atoms with Gasteiger partial charge in [0, 0.05) is 25.2 Å². The van der Waals surface area contributed by atoms with Gasteiger partial charge in [0.2, 0.25) is 21.8 Å². The summed E-state index contributed by atoms with van der Waals surface area (Å²) in [6.45, 7) is 4.65. The summed E-state index contributed by atoms with van der Waals surface area (Å²) in [6.07, 6.45) is 2.12. The Morgan fingerprint density at radius 3 is 2.38 bits per heavy atom. The van der Waals surface area contributed by atoms with Crippen LogP contribution in [-0.2, 0) is 19.6 Å². The third kappa shape index (κ3) is 7.64. The lowest BCUT2D eigenvalue weighted by molar-refractivity contribution is -0.140. The van der Waals surface area contributed by atoms with Crippen LogP contribution < -0.4 is 4.72 Å². The van der Waals surface area contributed by atoms with Crippen LogP contribution in [0.4, 0.5) is 0 Å². The molecule has 1 unspecified atom stereocenters. The zero-order valence-corrected chi connectivity index (χ0v) is 20.1. The van der Waals surface area contributed by atoms with Crippen LogP contribution >= 0.6 is 35.0 Å². The van der Waals surface area contributed by atoms with Gasteiger partial charge in [-0.2, -0.15) is 16.5 Å². The van der Waals surface area contributed by atoms with E-state index in [0.29, 0.717) is 18.8 Å². The average molecular weight is 484 g/mol. The van der Waals surface area contributed by atoms with Crippen molar-refractivity contribution < 1.29 is 18.0 Å². The first-order valence-electron chi connectivity index (χ1n) is 9.06. The molecule has 0 aliphatic carbocycles. The Hall–Kier alpha value is -1.000. The monoisotopic (exact) mass is 483 g/mol. The normalized spacial score (nSPS) is 12.5. The molecule has 0 fully saturated rings. The molecule has 1 aromatic rings. The summed E-state index contributed by atoms with van der Waals surface area (Å²) in [4.78, 5) is 27.9. The van der Waals surface area contributed by atoms with E-state index >= 15 is 0 Å². The van der Waals surface area contributed by atoms with Gasteiger partial charge in [0.25, 0.3) is 0 Å². The molecule has 1 aromatic carbocycles. The molecular weight excluding hydrogens is 457 g/mol. The molecule has 0 saturated heterocycles. The maximum Gasteiger partial charge on any atom is 0.242 e. The minimum absolute atomic E-state index is 0.00281. The second kappa shape index (κ2) is 12.0. The number of likely N-dealkylation sites (N-methyl/N-ethyl adjacent to an activating group) is 2. The number of nitrogens with zero attached hydrogens (tertiary/aromatic N) is 2. The van der Waals surface area contributed by atoms with Crippen LogP contribution in [0.3, 0.4) is 0 Å². The summed E-state index contributed by atoms with van der Waals surface area (Å²) in [5.74, 6) is -0.128. The number of rotatable bonds is 11. The predicted molar refractivity (Wildman–Crippen MR) is 119 cm³/mol. The minimum atomic E-state index is -4.09. The fourth-order valence-corrected chi connectivity index (χ4v) is 5.08. The molecule has 11 heteroatoms. The van der Waals surface area contributed by atoms with Crippen LogP contribution in [0, 0.1) is 0 Å². The number of carbonyl (C=O) groups excluding carboxylic acids is 2. The van der Waals surface area contributed by atoms with Gasteiger partial charge < -0.3 is 9.80 Å². The molecule has 0 aliphatic heterocycles. The van der Waals surface area contributed by atoms with E-state index in [1.54, 1.807) is 4.90 Å². The number of carbonyl (C=O) groups is 2. The van der Waals surface area contributed by atoms with Gasteiger partial charge in [0.1, 0.15) is 10.9 Å². The van der Waals surface area contributed by atoms with Crippen LogP contribution in [0.1, 0.15) is 20.3 Å². The number of amides is 2. The molecule has 0 aromatic heterocycles. The lowest BCUT2D eigenvalue weighted by Crippen LogP contribution is -2.50. The number of hydrogen-bond donors (Lipinski definition) is 1. The summed E-state index contributed by atoms with van der Waals surface area (Å²) in [5.41, 5.74) is 0. The van der Waals surface area contributed by atoms with E-state index in [1.807, 2.05) is 20.1 Å². The van der Waals surface area contributed by atoms with Crippen molar-refractivity contribution in [1.82, 2.24) is 14.5 Å². The van der Waals surface area contributed by atoms with Gasteiger partial charge in [-0.25, -0.2) is 8.42 Å². The highest BCUT2D eigenvalue weighted by atomic mass is 35.5. The Labute approximate surface area is 187 Å². The van der Waals surface area contributed by atoms with Gasteiger partial charge in [-0.3, -0.25) is 9.59 Å². The van der Waals surface area contributed by atoms with Crippen molar-refractivity contribution in [3.8, 4) is 0 Å². The van der Waals surface area contributed by atoms with Gasteiger partial charge in [0.05, 0.1) is 11.6 Å². The van der Waals surface area contributed by atoms with Crippen LogP contribution in [-0.4, -0.2) is 74.8 Å². The van der Waals surface area contributed by atoms with Crippen molar-refractivity contribution in [3.63, 3.8) is 0 Å². The van der Waals surface area contributed by atoms with E-state index in [-0.39, 0.29) is 33.8 Å². The zero-order valence-electron chi connectivity index (χ0n) is 16.9. The number of halogens is 2. The van der Waals surface area contributed by atoms with E-state index < -0.39 is 22.0 Å². The van der Waals surface area contributed by atoms with Gasteiger partial charge >= 0.3 is 0 Å². The smallest absolute Gasteiger partial charge is 0.242 e. The molecule has 1 N–H and O–H groups in total. The lowest BCUT2D eigenvalue weighted by Gasteiger charge is -2.27. The summed E-state index contributed by atoms with van der Waals surface area (Å²) >= 11 is 13.4. The largest absolute Gasteiger partial charge is 0.342 e. The fourth-order valence-electron chi connectivity index (χ4n) is 2.63. The summed E-state index contributed by atoms with van der Waals surface area (Å²) < 4.78 is 28.1. The second-order valence-electron chi connectivity index (χ2n) is 6.29. The summed E-state index contributed by atoms with van der Waals surface area (Å²) in [7, 11) is -2.61. The maximum atomic E-state index is 12.9. The Bertz CT molecular complexity index is 817. The highest BCUT2D eigenvalue weighted by Crippen LogP contribution is 2.25. The van der Waals surface area contributed by atoms with E-state index in [4.69, 9.17) is 23.2 Å².